The zero-order valence-corrected chi connectivity index (χ0v) is 4.26. The summed E-state index contributed by atoms with van der Waals surface area (Å²) in [6, 6.07) is 0. The van der Waals surface area contributed by atoms with Crippen LogP contribution in [0.3, 0.4) is 0 Å². The van der Waals surface area contributed by atoms with Gasteiger partial charge in [0, 0.05) is 15.2 Å². The van der Waals surface area contributed by atoms with Crippen LogP contribution in [0, 0.1) is 0 Å². The van der Waals surface area contributed by atoms with Crippen molar-refractivity contribution in [3.63, 3.8) is 0 Å². The molecule has 0 saturated carbocycles. The third kappa shape index (κ3) is 1.15. The van der Waals surface area contributed by atoms with Gasteiger partial charge in [-0.1, -0.05) is 5.57 Å². The first kappa shape index (κ1) is 2.65. The lowest BCUT2D eigenvalue weighted by atomic mass is 10.2. The maximum absolute atomic E-state index is 7.34. The van der Waals surface area contributed by atoms with Crippen molar-refractivity contribution >= 4 is 6.21 Å². The quantitative estimate of drug-likeness (QED) is 0.436. The monoisotopic (exact) mass is 97.1 g/mol. The molecule has 7 heavy (non-hydrogen) atoms. The molecule has 2 atom stereocenters. The molecule has 2 unspecified atom stereocenters. The van der Waals surface area contributed by atoms with Crippen molar-refractivity contribution in [3.8, 4) is 0 Å². The van der Waals surface area contributed by atoms with Gasteiger partial charge in [0.15, 0.2) is 0 Å². The molecular formula is C6H9N. The zero-order chi connectivity index (χ0) is 6.85. The Kier molecular flexibility index (Phi) is 0.726. The van der Waals surface area contributed by atoms with Crippen LogP contribution in [-0.4, -0.2) is 6.21 Å². The molecular weight excluding hydrogens is 86.1 g/mol. The van der Waals surface area contributed by atoms with Gasteiger partial charge in [0.2, 0.25) is 0 Å². The topological polar surface area (TPSA) is 12.4 Å². The highest BCUT2D eigenvalue weighted by atomic mass is 14.7. The molecule has 0 radical (unpaired) electrons. The van der Waals surface area contributed by atoms with E-state index in [-0.39, 0.29) is 0 Å². The average molecular weight is 97.2 g/mol. The highest BCUT2D eigenvalue weighted by Crippen LogP contribution is 2.05. The molecule has 1 aliphatic heterocycles. The van der Waals surface area contributed by atoms with E-state index in [4.69, 9.17) is 2.74 Å². The van der Waals surface area contributed by atoms with E-state index in [0.29, 0.717) is 0 Å². The van der Waals surface area contributed by atoms with Crippen molar-refractivity contribution in [1.29, 1.82) is 0 Å². The normalized spacial score (nSPS) is 44.4. The fourth-order valence-electron chi connectivity index (χ4n) is 0.448. The molecule has 0 aliphatic carbocycles. The lowest BCUT2D eigenvalue weighted by Crippen LogP contribution is -1.83. The van der Waals surface area contributed by atoms with E-state index in [9.17, 15) is 0 Å². The molecule has 0 spiro atoms. The molecule has 0 N–H and O–H groups in total. The van der Waals surface area contributed by atoms with Crippen molar-refractivity contribution in [2.24, 2.45) is 4.99 Å². The summed E-state index contributed by atoms with van der Waals surface area (Å²) in [6.07, 6.45) is 2.27. The van der Waals surface area contributed by atoms with Crippen LogP contribution in [0.1, 0.15) is 22.5 Å². The largest absolute Gasteiger partial charge is 0.269 e. The Morgan fingerprint density at radius 3 is 3.43 bits per heavy atom. The van der Waals surface area contributed by atoms with Crippen molar-refractivity contribution in [2.75, 3.05) is 0 Å². The van der Waals surface area contributed by atoms with Crippen LogP contribution in [0.4, 0.5) is 0 Å². The molecule has 0 amide bonds. The Bertz CT molecular complexity index is 162. The van der Waals surface area contributed by atoms with Crippen molar-refractivity contribution < 1.29 is 2.74 Å². The molecule has 1 rings (SSSR count). The van der Waals surface area contributed by atoms with E-state index in [1.54, 1.807) is 6.20 Å². The van der Waals surface area contributed by atoms with E-state index >= 15 is 0 Å². The third-order valence-corrected chi connectivity index (χ3v) is 0.809. The molecule has 1 heteroatoms. The smallest absolute Gasteiger partial charge is 0.0329 e. The molecule has 0 fully saturated rings. The van der Waals surface area contributed by atoms with Gasteiger partial charge in [0.1, 0.15) is 0 Å². The van der Waals surface area contributed by atoms with Gasteiger partial charge >= 0.3 is 0 Å². The predicted octanol–water partition coefficient (Wildman–Crippen LogP) is 1.75. The minimum Gasteiger partial charge on any atom is -0.269 e. The van der Waals surface area contributed by atoms with Gasteiger partial charge in [-0.3, -0.25) is 4.99 Å². The van der Waals surface area contributed by atoms with Crippen LogP contribution in [0.15, 0.2) is 16.8 Å². The summed E-state index contributed by atoms with van der Waals surface area (Å²) in [5.41, 5.74) is 0.873. The average Bonchev–Trinajstić information content (AvgIpc) is 1.83. The Labute approximate surface area is 46.6 Å². The maximum atomic E-state index is 7.34. The van der Waals surface area contributed by atoms with Crippen LogP contribution in [0.25, 0.3) is 0 Å². The summed E-state index contributed by atoms with van der Waals surface area (Å²) in [5, 5.41) is 0. The summed E-state index contributed by atoms with van der Waals surface area (Å²) < 4.78 is 14.6. The van der Waals surface area contributed by atoms with Crippen molar-refractivity contribution in [1.82, 2.24) is 0 Å². The number of hydrogen-bond acceptors (Lipinski definition) is 1. The number of allylic oxidation sites excluding steroid dienone is 1. The van der Waals surface area contributed by atoms with Crippen LogP contribution >= 0.6 is 0 Å². The number of nitrogens with zero attached hydrogens (tertiary/aromatic N) is 1. The summed E-state index contributed by atoms with van der Waals surface area (Å²) >= 11 is 0. The van der Waals surface area contributed by atoms with Crippen LogP contribution in [0.2, 0.25) is 0 Å². The fraction of sp³-hybridized carbons (Fsp3) is 0.500. The van der Waals surface area contributed by atoms with E-state index in [2.05, 4.69) is 4.99 Å². The van der Waals surface area contributed by atoms with E-state index < -0.39 is 12.8 Å². The highest BCUT2D eigenvalue weighted by molar-refractivity contribution is 5.59. The Morgan fingerprint density at radius 2 is 2.86 bits per heavy atom. The van der Waals surface area contributed by atoms with Gasteiger partial charge in [-0.15, -0.1) is 0 Å². The number of aliphatic imine (C=N–C) groups is 1. The third-order valence-electron chi connectivity index (χ3n) is 0.809. The molecule has 1 nitrogen and oxygen atoms in total. The standard InChI is InChI=1S/C6H9N/c1-6-3-2-4-7-5-6/h4-5H,2-3H2,1H3/i2D,3D. The van der Waals surface area contributed by atoms with Gasteiger partial charge in [-0.2, -0.15) is 0 Å². The number of rotatable bonds is 0. The summed E-state index contributed by atoms with van der Waals surface area (Å²) in [5.74, 6) is 0. The molecule has 1 heterocycles. The highest BCUT2D eigenvalue weighted by Gasteiger charge is 1.89. The minimum absolute atomic E-state index is 0.400. The van der Waals surface area contributed by atoms with Crippen LogP contribution in [-0.2, 0) is 0 Å². The van der Waals surface area contributed by atoms with Crippen LogP contribution in [0.5, 0.6) is 0 Å². The van der Waals surface area contributed by atoms with Gasteiger partial charge < -0.3 is 0 Å². The zero-order valence-electron chi connectivity index (χ0n) is 6.26. The second kappa shape index (κ2) is 1.92. The fourth-order valence-corrected chi connectivity index (χ4v) is 0.448. The van der Waals surface area contributed by atoms with Gasteiger partial charge in [-0.25, -0.2) is 0 Å². The molecule has 1 aliphatic rings. The van der Waals surface area contributed by atoms with Crippen LogP contribution < -0.4 is 0 Å². The number of hydrogen-bond donors (Lipinski definition) is 0. The van der Waals surface area contributed by atoms with Gasteiger partial charge in [0.05, 0.1) is 0 Å². The molecule has 0 bridgehead atoms. The first-order chi connectivity index (χ1) is 4.22. The maximum Gasteiger partial charge on any atom is 0.0329 e. The lowest BCUT2D eigenvalue weighted by Gasteiger charge is -1.98. The minimum atomic E-state index is -0.463. The second-order valence-corrected chi connectivity index (χ2v) is 1.53. The Balaban J connectivity index is 2.73. The van der Waals surface area contributed by atoms with E-state index in [1.807, 2.05) is 6.92 Å². The van der Waals surface area contributed by atoms with E-state index in [1.165, 1.54) is 6.21 Å². The lowest BCUT2D eigenvalue weighted by molar-refractivity contribution is 0.994. The molecule has 0 aromatic heterocycles. The summed E-state index contributed by atoms with van der Waals surface area (Å²) in [6.45, 7) is 1.83. The van der Waals surface area contributed by atoms with E-state index in [0.717, 1.165) is 5.57 Å². The SMILES string of the molecule is [2H]C1C=NC=C(C)C1[2H]. The molecule has 0 aromatic rings. The second-order valence-electron chi connectivity index (χ2n) is 1.53. The Morgan fingerprint density at radius 1 is 2.00 bits per heavy atom. The first-order valence-corrected chi connectivity index (χ1v) is 2.26. The molecule has 0 saturated heterocycles. The van der Waals surface area contributed by atoms with Crippen molar-refractivity contribution in [3.05, 3.63) is 11.8 Å². The molecule has 0 aromatic carbocycles. The van der Waals surface area contributed by atoms with Gasteiger partial charge in [-0.05, 0) is 19.7 Å². The first-order valence-electron chi connectivity index (χ1n) is 3.42. The predicted molar refractivity (Wildman–Crippen MR) is 31.5 cm³/mol. The summed E-state index contributed by atoms with van der Waals surface area (Å²) in [4.78, 5) is 3.80. The summed E-state index contributed by atoms with van der Waals surface area (Å²) in [7, 11) is 0. The Hall–Kier alpha value is -0.590. The van der Waals surface area contributed by atoms with Gasteiger partial charge in [0.25, 0.3) is 0 Å². The van der Waals surface area contributed by atoms with Crippen molar-refractivity contribution in [2.45, 2.75) is 19.7 Å². The molecule has 38 valence electrons.